The molecule has 0 aromatic heterocycles. The minimum Gasteiger partial charge on any atom is -0.354 e. The minimum atomic E-state index is 0.283. The van der Waals surface area contributed by atoms with Gasteiger partial charge < -0.3 is 14.7 Å². The van der Waals surface area contributed by atoms with Crippen molar-refractivity contribution in [1.29, 1.82) is 0 Å². The largest absolute Gasteiger partial charge is 0.354 e. The van der Waals surface area contributed by atoms with E-state index < -0.39 is 0 Å². The Morgan fingerprint density at radius 2 is 1.88 bits per heavy atom. The molecule has 0 aliphatic carbocycles. The molecule has 0 bridgehead atoms. The molecule has 0 amide bonds. The van der Waals surface area contributed by atoms with Crippen molar-refractivity contribution in [2.24, 2.45) is 4.99 Å². The molecule has 1 atom stereocenters. The molecule has 1 unspecified atom stereocenters. The van der Waals surface area contributed by atoms with E-state index in [1.165, 1.54) is 22.7 Å². The van der Waals surface area contributed by atoms with E-state index in [0.29, 0.717) is 5.92 Å². The SMILES string of the molecule is CCCN1CN(Cc2ccc(C(C)C)cc2)C=C2C1=NC(CC)N2C. The zero-order valence-corrected chi connectivity index (χ0v) is 16.4. The summed E-state index contributed by atoms with van der Waals surface area (Å²) < 4.78 is 0. The Morgan fingerprint density at radius 3 is 2.48 bits per heavy atom. The molecule has 1 aromatic carbocycles. The van der Waals surface area contributed by atoms with Crippen LogP contribution in [-0.4, -0.2) is 47.0 Å². The fraction of sp³-hybridized carbons (Fsp3) is 0.571. The Hall–Kier alpha value is -1.97. The van der Waals surface area contributed by atoms with Crippen molar-refractivity contribution in [2.75, 3.05) is 20.3 Å². The maximum atomic E-state index is 4.96. The highest BCUT2D eigenvalue weighted by molar-refractivity contribution is 6.00. The predicted octanol–water partition coefficient (Wildman–Crippen LogP) is 4.22. The Morgan fingerprint density at radius 1 is 1.16 bits per heavy atom. The lowest BCUT2D eigenvalue weighted by Gasteiger charge is -2.37. The summed E-state index contributed by atoms with van der Waals surface area (Å²) in [7, 11) is 2.17. The van der Waals surface area contributed by atoms with Gasteiger partial charge in [-0.2, -0.15) is 0 Å². The summed E-state index contributed by atoms with van der Waals surface area (Å²) in [5.41, 5.74) is 4.04. The van der Waals surface area contributed by atoms with Gasteiger partial charge in [0.05, 0.1) is 12.4 Å². The zero-order valence-electron chi connectivity index (χ0n) is 16.4. The smallest absolute Gasteiger partial charge is 0.152 e. The number of likely N-dealkylation sites (N-methyl/N-ethyl adjacent to an activating group) is 1. The van der Waals surface area contributed by atoms with E-state index in [2.05, 4.69) is 79.9 Å². The van der Waals surface area contributed by atoms with Gasteiger partial charge in [-0.1, -0.05) is 52.0 Å². The van der Waals surface area contributed by atoms with Crippen LogP contribution in [0.3, 0.4) is 0 Å². The molecule has 0 spiro atoms. The van der Waals surface area contributed by atoms with Crippen LogP contribution in [0, 0.1) is 0 Å². The van der Waals surface area contributed by atoms with Crippen molar-refractivity contribution in [3.63, 3.8) is 0 Å². The first-order valence-corrected chi connectivity index (χ1v) is 9.64. The monoisotopic (exact) mass is 340 g/mol. The van der Waals surface area contributed by atoms with Crippen LogP contribution in [-0.2, 0) is 6.54 Å². The fourth-order valence-corrected chi connectivity index (χ4v) is 3.65. The van der Waals surface area contributed by atoms with E-state index in [1.54, 1.807) is 0 Å². The second-order valence-corrected chi connectivity index (χ2v) is 7.51. The first kappa shape index (κ1) is 17.8. The molecule has 0 fully saturated rings. The number of nitrogens with zero attached hydrogens (tertiary/aromatic N) is 4. The van der Waals surface area contributed by atoms with Crippen LogP contribution < -0.4 is 0 Å². The van der Waals surface area contributed by atoms with Crippen LogP contribution in [0.1, 0.15) is 57.6 Å². The van der Waals surface area contributed by atoms with Gasteiger partial charge in [0.15, 0.2) is 5.84 Å². The summed E-state index contributed by atoms with van der Waals surface area (Å²) >= 11 is 0. The van der Waals surface area contributed by atoms with Crippen molar-refractivity contribution in [3.8, 4) is 0 Å². The average molecular weight is 341 g/mol. The van der Waals surface area contributed by atoms with Crippen LogP contribution in [0.5, 0.6) is 0 Å². The second-order valence-electron chi connectivity index (χ2n) is 7.51. The standard InChI is InChI=1S/C21H32N4/c1-6-12-25-15-24(13-17-8-10-18(11-9-17)16(3)4)14-19-21(25)22-20(7-2)23(19)5/h8-11,14,16,20H,6-7,12-13,15H2,1-5H3. The van der Waals surface area contributed by atoms with E-state index in [0.717, 1.165) is 32.6 Å². The third-order valence-electron chi connectivity index (χ3n) is 5.17. The summed E-state index contributed by atoms with van der Waals surface area (Å²) in [4.78, 5) is 12.1. The molecular weight excluding hydrogens is 308 g/mol. The van der Waals surface area contributed by atoms with E-state index in [4.69, 9.17) is 4.99 Å². The van der Waals surface area contributed by atoms with E-state index in [9.17, 15) is 0 Å². The highest BCUT2D eigenvalue weighted by Crippen LogP contribution is 2.28. The second kappa shape index (κ2) is 7.51. The van der Waals surface area contributed by atoms with Crippen molar-refractivity contribution in [3.05, 3.63) is 47.3 Å². The first-order chi connectivity index (χ1) is 12.0. The summed E-state index contributed by atoms with van der Waals surface area (Å²) in [5.74, 6) is 1.77. The van der Waals surface area contributed by atoms with E-state index in [1.807, 2.05) is 0 Å². The van der Waals surface area contributed by atoms with Crippen LogP contribution in [0.15, 0.2) is 41.2 Å². The Balaban J connectivity index is 1.79. The van der Waals surface area contributed by atoms with Gasteiger partial charge in [0, 0.05) is 26.3 Å². The van der Waals surface area contributed by atoms with Gasteiger partial charge in [0.25, 0.3) is 0 Å². The Kier molecular flexibility index (Phi) is 5.36. The molecule has 2 heterocycles. The van der Waals surface area contributed by atoms with E-state index >= 15 is 0 Å². The van der Waals surface area contributed by atoms with Crippen molar-refractivity contribution in [1.82, 2.24) is 14.7 Å². The molecule has 0 radical (unpaired) electrons. The third kappa shape index (κ3) is 3.68. The van der Waals surface area contributed by atoms with E-state index in [-0.39, 0.29) is 6.17 Å². The number of hydrogen-bond donors (Lipinski definition) is 0. The minimum absolute atomic E-state index is 0.283. The quantitative estimate of drug-likeness (QED) is 0.774. The molecule has 0 N–H and O–H groups in total. The Bertz CT molecular complexity index is 644. The molecule has 4 heteroatoms. The molecule has 0 saturated carbocycles. The van der Waals surface area contributed by atoms with Crippen LogP contribution >= 0.6 is 0 Å². The molecule has 2 aliphatic heterocycles. The van der Waals surface area contributed by atoms with Crippen LogP contribution in [0.25, 0.3) is 0 Å². The molecule has 2 aliphatic rings. The first-order valence-electron chi connectivity index (χ1n) is 9.64. The molecular formula is C21H32N4. The lowest BCUT2D eigenvalue weighted by atomic mass is 10.0. The zero-order chi connectivity index (χ0) is 18.0. The maximum Gasteiger partial charge on any atom is 0.152 e. The van der Waals surface area contributed by atoms with Gasteiger partial charge >= 0.3 is 0 Å². The number of amidine groups is 1. The number of hydrogen-bond acceptors (Lipinski definition) is 4. The fourth-order valence-electron chi connectivity index (χ4n) is 3.65. The molecule has 1 aromatic rings. The number of benzene rings is 1. The van der Waals surface area contributed by atoms with Crippen LogP contribution in [0.2, 0.25) is 0 Å². The predicted molar refractivity (Wildman–Crippen MR) is 105 cm³/mol. The van der Waals surface area contributed by atoms with Crippen molar-refractivity contribution < 1.29 is 0 Å². The molecule has 0 saturated heterocycles. The van der Waals surface area contributed by atoms with Gasteiger partial charge in [0.2, 0.25) is 0 Å². The summed E-state index contributed by atoms with van der Waals surface area (Å²) in [6.07, 6.45) is 4.78. The highest BCUT2D eigenvalue weighted by Gasteiger charge is 2.33. The lowest BCUT2D eigenvalue weighted by molar-refractivity contribution is 0.220. The maximum absolute atomic E-state index is 4.96. The van der Waals surface area contributed by atoms with Gasteiger partial charge in [-0.05, 0) is 29.9 Å². The van der Waals surface area contributed by atoms with Gasteiger partial charge in [-0.25, -0.2) is 4.99 Å². The third-order valence-corrected chi connectivity index (χ3v) is 5.17. The molecule has 25 heavy (non-hydrogen) atoms. The normalized spacial score (nSPS) is 20.1. The molecule has 4 nitrogen and oxygen atoms in total. The van der Waals surface area contributed by atoms with Crippen molar-refractivity contribution >= 4 is 5.84 Å². The average Bonchev–Trinajstić information content (AvgIpc) is 2.92. The van der Waals surface area contributed by atoms with Crippen LogP contribution in [0.4, 0.5) is 0 Å². The highest BCUT2D eigenvalue weighted by atomic mass is 15.4. The number of fused-ring (bicyclic) bond motifs is 1. The van der Waals surface area contributed by atoms with Gasteiger partial charge in [-0.3, -0.25) is 0 Å². The van der Waals surface area contributed by atoms with Crippen molar-refractivity contribution in [2.45, 2.75) is 59.2 Å². The number of rotatable bonds is 6. The molecule has 3 rings (SSSR count). The van der Waals surface area contributed by atoms with Gasteiger partial charge in [0.1, 0.15) is 6.17 Å². The topological polar surface area (TPSA) is 22.1 Å². The molecule has 136 valence electrons. The summed E-state index contributed by atoms with van der Waals surface area (Å²) in [5, 5.41) is 0. The van der Waals surface area contributed by atoms with Gasteiger partial charge in [-0.15, -0.1) is 0 Å². The number of aliphatic imine (C=N–C) groups is 1. The Labute approximate surface area is 152 Å². The summed E-state index contributed by atoms with van der Waals surface area (Å²) in [6.45, 7) is 11.9. The lowest BCUT2D eigenvalue weighted by Crippen LogP contribution is -2.45. The summed E-state index contributed by atoms with van der Waals surface area (Å²) in [6, 6.07) is 9.08.